The first-order valence-corrected chi connectivity index (χ1v) is 10.2. The van der Waals surface area contributed by atoms with Gasteiger partial charge in [-0.15, -0.1) is 0 Å². The quantitative estimate of drug-likeness (QED) is 0.475. The van der Waals surface area contributed by atoms with Crippen LogP contribution in [0.4, 0.5) is 0 Å². The fourth-order valence-electron chi connectivity index (χ4n) is 3.96. The van der Waals surface area contributed by atoms with Crippen LogP contribution >= 0.6 is 0 Å². The van der Waals surface area contributed by atoms with Gasteiger partial charge in [0, 0.05) is 36.6 Å². The molecule has 0 bridgehead atoms. The number of aromatic amines is 1. The number of benzene rings is 2. The molecule has 7 nitrogen and oxygen atoms in total. The van der Waals surface area contributed by atoms with Crippen molar-refractivity contribution in [1.29, 1.82) is 0 Å². The first-order valence-electron chi connectivity index (χ1n) is 10.2. The molecule has 0 spiro atoms. The molecule has 7 heteroatoms. The van der Waals surface area contributed by atoms with E-state index in [2.05, 4.69) is 15.0 Å². The Morgan fingerprint density at radius 3 is 2.35 bits per heavy atom. The van der Waals surface area contributed by atoms with E-state index in [0.717, 1.165) is 39.1 Å². The van der Waals surface area contributed by atoms with Crippen LogP contribution in [0.15, 0.2) is 72.0 Å². The standard InChI is InChI=1S/C24H22N6O/c1-15(2)30-19-10-9-17(11-20(19)29(3)24(30)31)22-21(16-7-5-4-6-8-16)27-23(28-22)18-12-25-14-26-13-18/h4-15H,1-3H3,(H,27,28). The molecular weight excluding hydrogens is 388 g/mol. The van der Waals surface area contributed by atoms with E-state index in [0.29, 0.717) is 5.82 Å². The van der Waals surface area contributed by atoms with E-state index in [1.807, 2.05) is 74.0 Å². The van der Waals surface area contributed by atoms with Crippen molar-refractivity contribution in [3.63, 3.8) is 0 Å². The molecule has 0 radical (unpaired) electrons. The van der Waals surface area contributed by atoms with Crippen molar-refractivity contribution in [3.8, 4) is 33.9 Å². The van der Waals surface area contributed by atoms with Crippen molar-refractivity contribution >= 4 is 11.0 Å². The van der Waals surface area contributed by atoms with E-state index >= 15 is 0 Å². The van der Waals surface area contributed by atoms with Crippen molar-refractivity contribution in [2.24, 2.45) is 7.05 Å². The van der Waals surface area contributed by atoms with Gasteiger partial charge in [-0.25, -0.2) is 19.7 Å². The molecule has 154 valence electrons. The molecule has 5 rings (SSSR count). The zero-order chi connectivity index (χ0) is 21.5. The predicted octanol–water partition coefficient (Wildman–Crippen LogP) is 4.44. The summed E-state index contributed by atoms with van der Waals surface area (Å²) in [5, 5.41) is 0. The van der Waals surface area contributed by atoms with Gasteiger partial charge in [0.05, 0.1) is 28.0 Å². The van der Waals surface area contributed by atoms with Crippen molar-refractivity contribution in [2.45, 2.75) is 19.9 Å². The van der Waals surface area contributed by atoms with E-state index < -0.39 is 0 Å². The number of fused-ring (bicyclic) bond motifs is 1. The van der Waals surface area contributed by atoms with Gasteiger partial charge in [0.1, 0.15) is 12.2 Å². The van der Waals surface area contributed by atoms with Gasteiger partial charge in [-0.3, -0.25) is 9.13 Å². The Labute approximate surface area is 179 Å². The maximum absolute atomic E-state index is 12.7. The zero-order valence-electron chi connectivity index (χ0n) is 17.6. The highest BCUT2D eigenvalue weighted by molar-refractivity contribution is 5.87. The van der Waals surface area contributed by atoms with Crippen molar-refractivity contribution < 1.29 is 0 Å². The van der Waals surface area contributed by atoms with Crippen molar-refractivity contribution in [2.75, 3.05) is 0 Å². The molecule has 0 unspecified atom stereocenters. The first kappa shape index (κ1) is 19.0. The number of imidazole rings is 2. The maximum atomic E-state index is 12.7. The minimum Gasteiger partial charge on any atom is -0.337 e. The van der Waals surface area contributed by atoms with Crippen LogP contribution in [0.5, 0.6) is 0 Å². The molecule has 2 aromatic carbocycles. The molecule has 0 fully saturated rings. The molecule has 0 saturated carbocycles. The van der Waals surface area contributed by atoms with Gasteiger partial charge in [0.25, 0.3) is 0 Å². The molecule has 3 heterocycles. The van der Waals surface area contributed by atoms with Crippen LogP contribution in [0.2, 0.25) is 0 Å². The Morgan fingerprint density at radius 2 is 1.65 bits per heavy atom. The molecule has 0 aliphatic carbocycles. The van der Waals surface area contributed by atoms with Gasteiger partial charge >= 0.3 is 5.69 Å². The number of aromatic nitrogens is 6. The molecule has 0 aliphatic rings. The SMILES string of the molecule is CC(C)n1c(=O)n(C)c2cc(-c3nc(-c4cncnc4)[nH]c3-c3ccccc3)ccc21. The summed E-state index contributed by atoms with van der Waals surface area (Å²) in [5.41, 5.74) is 6.27. The summed E-state index contributed by atoms with van der Waals surface area (Å²) in [7, 11) is 1.81. The van der Waals surface area contributed by atoms with E-state index in [1.165, 1.54) is 6.33 Å². The fraction of sp³-hybridized carbons (Fsp3) is 0.167. The van der Waals surface area contributed by atoms with Gasteiger partial charge in [-0.2, -0.15) is 0 Å². The largest absolute Gasteiger partial charge is 0.337 e. The van der Waals surface area contributed by atoms with E-state index in [1.54, 1.807) is 17.0 Å². The van der Waals surface area contributed by atoms with E-state index in [4.69, 9.17) is 4.98 Å². The molecule has 1 N–H and O–H groups in total. The summed E-state index contributed by atoms with van der Waals surface area (Å²) >= 11 is 0. The number of hydrogen-bond donors (Lipinski definition) is 1. The number of nitrogens with zero attached hydrogens (tertiary/aromatic N) is 5. The molecule has 5 aromatic rings. The van der Waals surface area contributed by atoms with Gasteiger partial charge in [-0.05, 0) is 26.0 Å². The predicted molar refractivity (Wildman–Crippen MR) is 122 cm³/mol. The summed E-state index contributed by atoms with van der Waals surface area (Å²) in [6.07, 6.45) is 4.97. The second-order valence-corrected chi connectivity index (χ2v) is 7.81. The Morgan fingerprint density at radius 1 is 0.903 bits per heavy atom. The third-order valence-corrected chi connectivity index (χ3v) is 5.48. The minimum absolute atomic E-state index is 0.0189. The lowest BCUT2D eigenvalue weighted by molar-refractivity contribution is 0.583. The highest BCUT2D eigenvalue weighted by Gasteiger charge is 2.18. The Hall–Kier alpha value is -4.00. The van der Waals surface area contributed by atoms with Gasteiger partial charge < -0.3 is 4.98 Å². The highest BCUT2D eigenvalue weighted by atomic mass is 16.1. The molecular formula is C24H22N6O. The summed E-state index contributed by atoms with van der Waals surface area (Å²) in [6.45, 7) is 4.04. The van der Waals surface area contributed by atoms with Crippen LogP contribution in [0.1, 0.15) is 19.9 Å². The van der Waals surface area contributed by atoms with Gasteiger partial charge in [0.2, 0.25) is 0 Å². The van der Waals surface area contributed by atoms with Gasteiger partial charge in [-0.1, -0.05) is 36.4 Å². The Bertz CT molecular complexity index is 1430. The first-order chi connectivity index (χ1) is 15.0. The molecule has 3 aromatic heterocycles. The number of rotatable bonds is 4. The van der Waals surface area contributed by atoms with Crippen molar-refractivity contribution in [3.05, 3.63) is 77.7 Å². The lowest BCUT2D eigenvalue weighted by Crippen LogP contribution is -2.23. The van der Waals surface area contributed by atoms with Crippen LogP contribution in [-0.2, 0) is 7.05 Å². The van der Waals surface area contributed by atoms with Crippen LogP contribution < -0.4 is 5.69 Å². The number of H-pyrrole nitrogens is 1. The normalized spacial score (nSPS) is 11.5. The Balaban J connectivity index is 1.74. The minimum atomic E-state index is -0.0189. The fourth-order valence-corrected chi connectivity index (χ4v) is 3.96. The zero-order valence-corrected chi connectivity index (χ0v) is 17.6. The number of nitrogens with one attached hydrogen (secondary N) is 1. The highest BCUT2D eigenvalue weighted by Crippen LogP contribution is 2.34. The van der Waals surface area contributed by atoms with Gasteiger partial charge in [0.15, 0.2) is 0 Å². The average molecular weight is 410 g/mol. The second-order valence-electron chi connectivity index (χ2n) is 7.81. The number of aryl methyl sites for hydroxylation is 1. The third-order valence-electron chi connectivity index (χ3n) is 5.48. The summed E-state index contributed by atoms with van der Waals surface area (Å²) < 4.78 is 3.51. The molecule has 0 atom stereocenters. The third kappa shape index (κ3) is 3.15. The van der Waals surface area contributed by atoms with Crippen LogP contribution in [0.3, 0.4) is 0 Å². The van der Waals surface area contributed by atoms with E-state index in [9.17, 15) is 4.79 Å². The van der Waals surface area contributed by atoms with Crippen LogP contribution in [-0.4, -0.2) is 29.1 Å². The smallest absolute Gasteiger partial charge is 0.329 e. The van der Waals surface area contributed by atoms with Crippen molar-refractivity contribution in [1.82, 2.24) is 29.1 Å². The monoisotopic (exact) mass is 410 g/mol. The molecule has 31 heavy (non-hydrogen) atoms. The Kier molecular flexibility index (Phi) is 4.51. The maximum Gasteiger partial charge on any atom is 0.329 e. The molecule has 0 saturated heterocycles. The topological polar surface area (TPSA) is 81.4 Å². The summed E-state index contributed by atoms with van der Waals surface area (Å²) in [4.78, 5) is 29.3. The van der Waals surface area contributed by atoms with Crippen LogP contribution in [0, 0.1) is 0 Å². The van der Waals surface area contributed by atoms with E-state index in [-0.39, 0.29) is 11.7 Å². The second kappa shape index (κ2) is 7.36. The number of hydrogen-bond acceptors (Lipinski definition) is 4. The lowest BCUT2D eigenvalue weighted by atomic mass is 10.0. The van der Waals surface area contributed by atoms with Crippen LogP contribution in [0.25, 0.3) is 44.9 Å². The summed E-state index contributed by atoms with van der Waals surface area (Å²) in [6, 6.07) is 16.2. The molecule has 0 aliphatic heterocycles. The molecule has 0 amide bonds. The summed E-state index contributed by atoms with van der Waals surface area (Å²) in [5.74, 6) is 0.697. The lowest BCUT2D eigenvalue weighted by Gasteiger charge is -2.07. The average Bonchev–Trinajstić information content (AvgIpc) is 3.35.